The minimum absolute atomic E-state index is 0.0443. The zero-order valence-electron chi connectivity index (χ0n) is 17.8. The molecule has 0 saturated heterocycles. The Hall–Kier alpha value is -0.970. The van der Waals surface area contributed by atoms with E-state index in [4.69, 9.17) is 3.97 Å². The van der Waals surface area contributed by atoms with Crippen molar-refractivity contribution in [3.05, 3.63) is 29.8 Å². The van der Waals surface area contributed by atoms with Crippen LogP contribution in [0.25, 0.3) is 0 Å². The van der Waals surface area contributed by atoms with E-state index in [1.54, 1.807) is 0 Å². The van der Waals surface area contributed by atoms with Gasteiger partial charge in [0.25, 0.3) is 0 Å². The first kappa shape index (κ1) is 25.1. The molecule has 7 heteroatoms. The van der Waals surface area contributed by atoms with E-state index in [9.17, 15) is 18.3 Å². The van der Waals surface area contributed by atoms with Crippen LogP contribution in [0, 0.1) is 0 Å². The summed E-state index contributed by atoms with van der Waals surface area (Å²) < 4.78 is 32.9. The molecule has 0 aliphatic rings. The van der Waals surface area contributed by atoms with Crippen molar-refractivity contribution in [1.29, 1.82) is 0 Å². The van der Waals surface area contributed by atoms with Crippen LogP contribution in [0.1, 0.15) is 76.6 Å². The van der Waals surface area contributed by atoms with Gasteiger partial charge in [0, 0.05) is 0 Å². The van der Waals surface area contributed by atoms with Gasteiger partial charge in [0.2, 0.25) is 0 Å². The number of rotatable bonds is 14. The number of aromatic carboxylic acids is 1. The van der Waals surface area contributed by atoms with Gasteiger partial charge in [-0.15, -0.1) is 0 Å². The first-order valence-electron chi connectivity index (χ1n) is 10.5. The number of carboxylic acid groups (broad SMARTS) is 1. The van der Waals surface area contributed by atoms with E-state index in [-0.39, 0.29) is 10.5 Å². The van der Waals surface area contributed by atoms with Gasteiger partial charge in [-0.05, 0) is 0 Å². The first-order valence-corrected chi connectivity index (χ1v) is 14.8. The second-order valence-corrected chi connectivity index (χ2v) is 15.4. The summed E-state index contributed by atoms with van der Waals surface area (Å²) in [7, 11) is -4.04. The van der Waals surface area contributed by atoms with Crippen LogP contribution in [0.5, 0.6) is 0 Å². The first-order chi connectivity index (χ1) is 13.2. The van der Waals surface area contributed by atoms with E-state index >= 15 is 0 Å². The van der Waals surface area contributed by atoms with E-state index in [1.807, 2.05) is 0 Å². The predicted molar refractivity (Wildman–Crippen MR) is 118 cm³/mol. The molecule has 0 aliphatic heterocycles. The maximum atomic E-state index is 13.3. The number of hydrogen-bond donors (Lipinski definition) is 1. The van der Waals surface area contributed by atoms with Crippen LogP contribution < -0.4 is 0 Å². The number of carboxylic acids is 1. The molecule has 0 fully saturated rings. The van der Waals surface area contributed by atoms with Crippen LogP contribution >= 0.6 is 6.83 Å². The number of benzene rings is 1. The van der Waals surface area contributed by atoms with Crippen LogP contribution in [0.3, 0.4) is 0 Å². The average molecular weight is 433 g/mol. The van der Waals surface area contributed by atoms with Crippen LogP contribution in [0.15, 0.2) is 29.2 Å². The van der Waals surface area contributed by atoms with Gasteiger partial charge in [0.05, 0.1) is 0 Å². The van der Waals surface area contributed by atoms with E-state index < -0.39 is 22.9 Å². The molecule has 5 nitrogen and oxygen atoms in total. The molecule has 0 spiro atoms. The summed E-state index contributed by atoms with van der Waals surface area (Å²) in [5, 5.41) is 9.23. The Labute approximate surface area is 171 Å². The standard InChI is InChI=1S/C21H37O5PS/c1-5-9-15-27(8-4,16-10-6-2,17-11-7-3)26-28(24,25)20-14-12-13-19(18-20)21(22)23/h12-14,18H,5-11,15-17H2,1-4H3,(H,22,23). The van der Waals surface area contributed by atoms with Gasteiger partial charge in [-0.25, -0.2) is 0 Å². The number of unbranched alkanes of at least 4 members (excludes halogenated alkanes) is 3. The van der Waals surface area contributed by atoms with Crippen molar-refractivity contribution in [2.75, 3.05) is 24.6 Å². The molecule has 1 N–H and O–H groups in total. The summed E-state index contributed by atoms with van der Waals surface area (Å²) in [4.78, 5) is 11.2. The fourth-order valence-electron chi connectivity index (χ4n) is 3.75. The van der Waals surface area contributed by atoms with Gasteiger partial charge < -0.3 is 0 Å². The fraction of sp³-hybridized carbons (Fsp3) is 0.667. The molecule has 0 aliphatic carbocycles. The molecule has 0 saturated carbocycles. The quantitative estimate of drug-likeness (QED) is 0.366. The Balaban J connectivity index is 3.46. The molecule has 0 heterocycles. The Kier molecular flexibility index (Phi) is 9.58. The average Bonchev–Trinajstić information content (AvgIpc) is 2.69. The van der Waals surface area contributed by atoms with Crippen LogP contribution in [0.2, 0.25) is 0 Å². The topological polar surface area (TPSA) is 80.7 Å². The second kappa shape index (κ2) is 10.7. The Morgan fingerprint density at radius 2 is 1.46 bits per heavy atom. The molecule has 1 rings (SSSR count). The third-order valence-electron chi connectivity index (χ3n) is 5.71. The van der Waals surface area contributed by atoms with Gasteiger partial charge >= 0.3 is 171 Å². The Bertz CT molecular complexity index is 720. The zero-order valence-corrected chi connectivity index (χ0v) is 19.5. The zero-order chi connectivity index (χ0) is 21.3. The van der Waals surface area contributed by atoms with Crippen LogP contribution in [-0.4, -0.2) is 44.1 Å². The van der Waals surface area contributed by atoms with E-state index in [1.165, 1.54) is 24.3 Å². The molecule has 0 atom stereocenters. The third-order valence-corrected chi connectivity index (χ3v) is 15.0. The Morgan fingerprint density at radius 3 is 1.86 bits per heavy atom. The number of carbonyl (C=O) groups is 1. The third kappa shape index (κ3) is 6.27. The summed E-state index contributed by atoms with van der Waals surface area (Å²) in [6, 6.07) is 5.50. The Morgan fingerprint density at radius 1 is 0.964 bits per heavy atom. The van der Waals surface area contributed by atoms with Crippen molar-refractivity contribution in [1.82, 2.24) is 0 Å². The summed E-state index contributed by atoms with van der Waals surface area (Å²) in [6.45, 7) is 5.44. The molecule has 0 unspecified atom stereocenters. The van der Waals surface area contributed by atoms with E-state index in [0.717, 1.165) is 63.2 Å². The van der Waals surface area contributed by atoms with Crippen molar-refractivity contribution in [3.63, 3.8) is 0 Å². The molecule has 28 heavy (non-hydrogen) atoms. The fourth-order valence-corrected chi connectivity index (χ4v) is 13.1. The monoisotopic (exact) mass is 432 g/mol. The molecule has 0 aromatic heterocycles. The second-order valence-electron chi connectivity index (χ2n) is 7.77. The van der Waals surface area contributed by atoms with Gasteiger partial charge in [0.1, 0.15) is 0 Å². The van der Waals surface area contributed by atoms with Crippen molar-refractivity contribution in [2.45, 2.75) is 71.1 Å². The normalized spacial score (nSPS) is 13.8. The van der Waals surface area contributed by atoms with Crippen LogP contribution in [0.4, 0.5) is 0 Å². The SMILES string of the molecule is CCCCP(CC)(CCCC)(CCCC)OS(=O)(=O)c1cccc(C(=O)O)c1. The number of hydrogen-bond acceptors (Lipinski definition) is 4. The van der Waals surface area contributed by atoms with Crippen molar-refractivity contribution < 1.29 is 22.3 Å². The van der Waals surface area contributed by atoms with Crippen molar-refractivity contribution in [3.8, 4) is 0 Å². The predicted octanol–water partition coefficient (Wildman–Crippen LogP) is 5.98. The van der Waals surface area contributed by atoms with E-state index in [0.29, 0.717) is 0 Å². The van der Waals surface area contributed by atoms with Gasteiger partial charge in [-0.1, -0.05) is 0 Å². The molecule has 162 valence electrons. The summed E-state index contributed by atoms with van der Waals surface area (Å²) in [5.74, 6) is -1.15. The minimum atomic E-state index is -4.04. The molecule has 1 aromatic rings. The van der Waals surface area contributed by atoms with Crippen molar-refractivity contribution >= 4 is 22.9 Å². The molecular weight excluding hydrogens is 395 g/mol. The van der Waals surface area contributed by atoms with E-state index in [2.05, 4.69) is 27.7 Å². The molecule has 0 amide bonds. The molecule has 0 bridgehead atoms. The summed E-state index contributed by atoms with van der Waals surface area (Å²) in [5.41, 5.74) is -0.0443. The van der Waals surface area contributed by atoms with Crippen LogP contribution in [-0.2, 0) is 14.1 Å². The molecule has 0 radical (unpaired) electrons. The van der Waals surface area contributed by atoms with Gasteiger partial charge in [-0.2, -0.15) is 0 Å². The molecule has 1 aromatic carbocycles. The van der Waals surface area contributed by atoms with Crippen molar-refractivity contribution in [2.24, 2.45) is 0 Å². The summed E-state index contributed by atoms with van der Waals surface area (Å²) in [6.07, 6.45) is 9.01. The summed E-state index contributed by atoms with van der Waals surface area (Å²) >= 11 is 0. The van der Waals surface area contributed by atoms with Gasteiger partial charge in [0.15, 0.2) is 0 Å². The maximum absolute atomic E-state index is 13.3. The molecular formula is C21H37O5PS. The van der Waals surface area contributed by atoms with Gasteiger partial charge in [-0.3, -0.25) is 0 Å².